The summed E-state index contributed by atoms with van der Waals surface area (Å²) in [4.78, 5) is 16.9. The van der Waals surface area contributed by atoms with Crippen molar-refractivity contribution in [2.45, 2.75) is 38.5 Å². The standard InChI is InChI=1S/C16H21FN4O/c1-10-9-21-14-12(15(22)18-10)7-11(17)8-13(14)19-16(21)20-5-3-2-4-6-20/h7-8,10,16,19H,2-6,9H2,1H3,(H,18,22)/t10-,16?/m0/s1. The van der Waals surface area contributed by atoms with Gasteiger partial charge in [-0.05, 0) is 31.9 Å². The second kappa shape index (κ2) is 5.12. The Labute approximate surface area is 129 Å². The van der Waals surface area contributed by atoms with E-state index in [1.54, 1.807) is 0 Å². The summed E-state index contributed by atoms with van der Waals surface area (Å²) < 4.78 is 13.9. The molecule has 1 aromatic rings. The van der Waals surface area contributed by atoms with Gasteiger partial charge in [0.15, 0.2) is 6.29 Å². The van der Waals surface area contributed by atoms with Gasteiger partial charge in [0.05, 0.1) is 16.9 Å². The normalized spacial score (nSPS) is 27.9. The third-order valence-electron chi connectivity index (χ3n) is 4.77. The fourth-order valence-corrected chi connectivity index (χ4v) is 3.82. The average Bonchev–Trinajstić information content (AvgIpc) is 2.79. The van der Waals surface area contributed by atoms with Gasteiger partial charge >= 0.3 is 0 Å². The molecule has 6 heteroatoms. The van der Waals surface area contributed by atoms with Gasteiger partial charge in [-0.15, -0.1) is 0 Å². The number of likely N-dealkylation sites (tertiary alicyclic amines) is 1. The van der Waals surface area contributed by atoms with Crippen LogP contribution in [0.25, 0.3) is 0 Å². The van der Waals surface area contributed by atoms with Crippen LogP contribution >= 0.6 is 0 Å². The lowest BCUT2D eigenvalue weighted by Gasteiger charge is -2.38. The van der Waals surface area contributed by atoms with Crippen LogP contribution in [0.15, 0.2) is 12.1 Å². The molecular weight excluding hydrogens is 283 g/mol. The first-order chi connectivity index (χ1) is 10.6. The Balaban J connectivity index is 1.77. The van der Waals surface area contributed by atoms with Crippen LogP contribution in [0.4, 0.5) is 15.8 Å². The third kappa shape index (κ3) is 2.13. The number of nitrogens with one attached hydrogen (secondary N) is 2. The van der Waals surface area contributed by atoms with Crippen molar-refractivity contribution in [2.24, 2.45) is 0 Å². The van der Waals surface area contributed by atoms with Gasteiger partial charge in [-0.25, -0.2) is 4.39 Å². The SMILES string of the molecule is C[C@H]1CN2c3c(cc(F)cc3C(=O)N1)NC2N1CCCCC1. The molecular formula is C16H21FN4O. The molecule has 1 amide bonds. The lowest BCUT2D eigenvalue weighted by molar-refractivity contribution is 0.0944. The molecule has 22 heavy (non-hydrogen) atoms. The highest BCUT2D eigenvalue weighted by Crippen LogP contribution is 2.41. The van der Waals surface area contributed by atoms with Gasteiger partial charge in [-0.2, -0.15) is 0 Å². The highest BCUT2D eigenvalue weighted by Gasteiger charge is 2.39. The van der Waals surface area contributed by atoms with Crippen LogP contribution in [0, 0.1) is 5.82 Å². The molecule has 118 valence electrons. The van der Waals surface area contributed by atoms with E-state index in [-0.39, 0.29) is 24.1 Å². The van der Waals surface area contributed by atoms with Crippen LogP contribution in [0.5, 0.6) is 0 Å². The zero-order valence-corrected chi connectivity index (χ0v) is 12.7. The molecule has 3 heterocycles. The van der Waals surface area contributed by atoms with Crippen molar-refractivity contribution in [3.8, 4) is 0 Å². The molecule has 2 atom stereocenters. The molecule has 1 aromatic carbocycles. The fourth-order valence-electron chi connectivity index (χ4n) is 3.82. The molecule has 2 N–H and O–H groups in total. The highest BCUT2D eigenvalue weighted by atomic mass is 19.1. The maximum atomic E-state index is 13.9. The number of hydrogen-bond acceptors (Lipinski definition) is 4. The number of carbonyl (C=O) groups is 1. The number of piperidine rings is 1. The minimum atomic E-state index is -0.370. The Morgan fingerprint density at radius 1 is 1.18 bits per heavy atom. The summed E-state index contributed by atoms with van der Waals surface area (Å²) in [6, 6.07) is 2.88. The third-order valence-corrected chi connectivity index (χ3v) is 4.77. The van der Waals surface area contributed by atoms with Crippen molar-refractivity contribution in [2.75, 3.05) is 29.9 Å². The second-order valence-corrected chi connectivity index (χ2v) is 6.49. The van der Waals surface area contributed by atoms with Crippen LogP contribution in [0.2, 0.25) is 0 Å². The smallest absolute Gasteiger partial charge is 0.253 e. The first-order valence-corrected chi connectivity index (χ1v) is 8.05. The van der Waals surface area contributed by atoms with Crippen molar-refractivity contribution in [3.63, 3.8) is 0 Å². The molecule has 0 aliphatic carbocycles. The molecule has 3 aliphatic rings. The van der Waals surface area contributed by atoms with E-state index >= 15 is 0 Å². The van der Waals surface area contributed by atoms with Gasteiger partial charge in [0.2, 0.25) is 0 Å². The quantitative estimate of drug-likeness (QED) is 0.833. The molecule has 0 radical (unpaired) electrons. The first-order valence-electron chi connectivity index (χ1n) is 8.05. The zero-order valence-electron chi connectivity index (χ0n) is 12.7. The van der Waals surface area contributed by atoms with Crippen LogP contribution in [-0.2, 0) is 0 Å². The number of benzene rings is 1. The van der Waals surface area contributed by atoms with Crippen molar-refractivity contribution in [1.82, 2.24) is 10.2 Å². The predicted molar refractivity (Wildman–Crippen MR) is 83.5 cm³/mol. The topological polar surface area (TPSA) is 47.6 Å². The van der Waals surface area contributed by atoms with Gasteiger partial charge in [0, 0.05) is 25.7 Å². The number of rotatable bonds is 1. The lowest BCUT2D eigenvalue weighted by Crippen LogP contribution is -2.54. The Morgan fingerprint density at radius 3 is 2.73 bits per heavy atom. The van der Waals surface area contributed by atoms with Gasteiger partial charge in [-0.1, -0.05) is 6.42 Å². The van der Waals surface area contributed by atoms with Gasteiger partial charge in [-0.3, -0.25) is 9.69 Å². The summed E-state index contributed by atoms with van der Waals surface area (Å²) >= 11 is 0. The van der Waals surface area contributed by atoms with Gasteiger partial charge in [0.25, 0.3) is 5.91 Å². The molecule has 1 saturated heterocycles. The van der Waals surface area contributed by atoms with Gasteiger partial charge < -0.3 is 15.5 Å². The summed E-state index contributed by atoms with van der Waals surface area (Å²) in [5.41, 5.74) is 2.01. The summed E-state index contributed by atoms with van der Waals surface area (Å²) in [5.74, 6) is -0.558. The summed E-state index contributed by atoms with van der Waals surface area (Å²) in [5, 5.41) is 6.37. The monoisotopic (exact) mass is 304 g/mol. The molecule has 1 fully saturated rings. The number of anilines is 2. The maximum absolute atomic E-state index is 13.9. The molecule has 4 rings (SSSR count). The van der Waals surface area contributed by atoms with Crippen molar-refractivity contribution in [1.29, 1.82) is 0 Å². The zero-order chi connectivity index (χ0) is 15.3. The number of carbonyl (C=O) groups excluding carboxylic acids is 1. The van der Waals surface area contributed by atoms with Crippen LogP contribution in [0.3, 0.4) is 0 Å². The van der Waals surface area contributed by atoms with E-state index in [4.69, 9.17) is 0 Å². The Morgan fingerprint density at radius 2 is 1.95 bits per heavy atom. The van der Waals surface area contributed by atoms with E-state index in [1.165, 1.54) is 31.4 Å². The van der Waals surface area contributed by atoms with Crippen LogP contribution in [-0.4, -0.2) is 42.8 Å². The summed E-state index contributed by atoms with van der Waals surface area (Å²) in [6.07, 6.45) is 3.67. The summed E-state index contributed by atoms with van der Waals surface area (Å²) in [6.45, 7) is 4.79. The van der Waals surface area contributed by atoms with E-state index in [1.807, 2.05) is 6.92 Å². The molecule has 0 saturated carbocycles. The number of halogens is 1. The molecule has 1 unspecified atom stereocenters. The minimum Gasteiger partial charge on any atom is -0.351 e. The molecule has 5 nitrogen and oxygen atoms in total. The van der Waals surface area contributed by atoms with E-state index in [0.717, 1.165) is 31.0 Å². The maximum Gasteiger partial charge on any atom is 0.253 e. The Bertz CT molecular complexity index is 614. The lowest BCUT2D eigenvalue weighted by atomic mass is 10.1. The van der Waals surface area contributed by atoms with Crippen molar-refractivity contribution in [3.05, 3.63) is 23.5 Å². The average molecular weight is 304 g/mol. The first kappa shape index (κ1) is 13.8. The molecule has 3 aliphatic heterocycles. The number of nitrogens with zero attached hydrogens (tertiary/aromatic N) is 2. The Hall–Kier alpha value is -1.82. The van der Waals surface area contributed by atoms with Crippen LogP contribution < -0.4 is 15.5 Å². The summed E-state index contributed by atoms with van der Waals surface area (Å²) in [7, 11) is 0. The number of amides is 1. The predicted octanol–water partition coefficient (Wildman–Crippen LogP) is 1.96. The largest absolute Gasteiger partial charge is 0.351 e. The Kier molecular flexibility index (Phi) is 3.22. The van der Waals surface area contributed by atoms with Crippen LogP contribution in [0.1, 0.15) is 36.5 Å². The second-order valence-electron chi connectivity index (χ2n) is 6.49. The fraction of sp³-hybridized carbons (Fsp3) is 0.562. The van der Waals surface area contributed by atoms with Crippen molar-refractivity contribution < 1.29 is 9.18 Å². The molecule has 0 spiro atoms. The van der Waals surface area contributed by atoms with Gasteiger partial charge in [0.1, 0.15) is 5.82 Å². The highest BCUT2D eigenvalue weighted by molar-refractivity contribution is 6.04. The van der Waals surface area contributed by atoms with E-state index in [9.17, 15) is 9.18 Å². The molecule has 0 bridgehead atoms. The van der Waals surface area contributed by atoms with E-state index in [0.29, 0.717) is 5.56 Å². The molecule has 0 aromatic heterocycles. The van der Waals surface area contributed by atoms with Crippen molar-refractivity contribution >= 4 is 17.3 Å². The van der Waals surface area contributed by atoms with E-state index in [2.05, 4.69) is 20.4 Å². The van der Waals surface area contributed by atoms with E-state index < -0.39 is 0 Å². The minimum absolute atomic E-state index is 0.0194. The number of hydrogen-bond donors (Lipinski definition) is 2.